The highest BCUT2D eigenvalue weighted by Gasteiger charge is 2.36. The third-order valence-corrected chi connectivity index (χ3v) is 2.47. The lowest BCUT2D eigenvalue weighted by atomic mass is 9.94. The third kappa shape index (κ3) is 1.57. The number of hydrogen-bond acceptors (Lipinski definition) is 3. The molecule has 0 radical (unpaired) electrons. The van der Waals surface area contributed by atoms with Crippen LogP contribution >= 0.6 is 0 Å². The van der Waals surface area contributed by atoms with Crippen molar-refractivity contribution in [3.8, 4) is 6.07 Å². The third-order valence-electron chi connectivity index (χ3n) is 2.47. The smallest absolute Gasteiger partial charge is 0.150 e. The van der Waals surface area contributed by atoms with Crippen molar-refractivity contribution in [2.24, 2.45) is 0 Å². The van der Waals surface area contributed by atoms with Crippen LogP contribution in [0.5, 0.6) is 0 Å². The summed E-state index contributed by atoms with van der Waals surface area (Å²) in [5.74, 6) is 0. The maximum atomic E-state index is 9.01. The number of nitrogens with zero attached hydrogens (tertiary/aromatic N) is 1. The molecule has 1 heterocycles. The minimum atomic E-state index is -0.395. The molecule has 0 unspecified atom stereocenters. The number of hydrogen-bond donors (Lipinski definition) is 2. The number of nitriles is 1. The highest BCUT2D eigenvalue weighted by atomic mass is 15.1. The van der Waals surface area contributed by atoms with E-state index < -0.39 is 5.54 Å². The molecule has 72 valence electrons. The van der Waals surface area contributed by atoms with Crippen LogP contribution in [0.2, 0.25) is 0 Å². The molecule has 1 aromatic rings. The van der Waals surface area contributed by atoms with Crippen LogP contribution in [0.4, 0.5) is 5.69 Å². The second-order valence-electron chi connectivity index (χ2n) is 3.79. The first-order chi connectivity index (χ1) is 6.74. The number of benzene rings is 1. The van der Waals surface area contributed by atoms with Gasteiger partial charge in [-0.1, -0.05) is 12.1 Å². The van der Waals surface area contributed by atoms with E-state index in [0.29, 0.717) is 0 Å². The molecule has 1 aliphatic heterocycles. The summed E-state index contributed by atoms with van der Waals surface area (Å²) >= 11 is 0. The second kappa shape index (κ2) is 3.32. The summed E-state index contributed by atoms with van der Waals surface area (Å²) in [4.78, 5) is 0. The molecule has 1 aromatic carbocycles. The average Bonchev–Trinajstić information content (AvgIpc) is 2.11. The van der Waals surface area contributed by atoms with Crippen LogP contribution in [0.25, 0.3) is 0 Å². The maximum Gasteiger partial charge on any atom is 0.150 e. The first-order valence-electron chi connectivity index (χ1n) is 4.71. The van der Waals surface area contributed by atoms with Crippen LogP contribution in [0.15, 0.2) is 24.3 Å². The number of rotatable bonds is 2. The lowest BCUT2D eigenvalue weighted by Gasteiger charge is -2.37. The van der Waals surface area contributed by atoms with Gasteiger partial charge in [-0.05, 0) is 24.6 Å². The molecule has 2 N–H and O–H groups in total. The van der Waals surface area contributed by atoms with Crippen LogP contribution in [-0.4, -0.2) is 18.6 Å². The van der Waals surface area contributed by atoms with E-state index in [9.17, 15) is 0 Å². The molecule has 14 heavy (non-hydrogen) atoms. The zero-order valence-corrected chi connectivity index (χ0v) is 8.17. The Morgan fingerprint density at radius 1 is 1.50 bits per heavy atom. The SMILES string of the molecule is Cc1cccc(NC2(C#N)CNC2)c1. The zero-order chi connectivity index (χ0) is 10.0. The van der Waals surface area contributed by atoms with Gasteiger partial charge in [0.15, 0.2) is 0 Å². The van der Waals surface area contributed by atoms with E-state index in [1.165, 1.54) is 5.56 Å². The zero-order valence-electron chi connectivity index (χ0n) is 8.17. The van der Waals surface area contributed by atoms with Gasteiger partial charge < -0.3 is 10.6 Å². The summed E-state index contributed by atoms with van der Waals surface area (Å²) < 4.78 is 0. The van der Waals surface area contributed by atoms with Gasteiger partial charge in [0.05, 0.1) is 6.07 Å². The summed E-state index contributed by atoms with van der Waals surface area (Å²) in [6, 6.07) is 10.4. The highest BCUT2D eigenvalue weighted by molar-refractivity contribution is 5.51. The maximum absolute atomic E-state index is 9.01. The van der Waals surface area contributed by atoms with E-state index in [4.69, 9.17) is 5.26 Å². The van der Waals surface area contributed by atoms with E-state index in [1.54, 1.807) is 0 Å². The molecule has 3 heteroatoms. The normalized spacial score (nSPS) is 18.0. The van der Waals surface area contributed by atoms with Gasteiger partial charge in [0.1, 0.15) is 5.54 Å². The Hall–Kier alpha value is -1.53. The fourth-order valence-electron chi connectivity index (χ4n) is 1.57. The van der Waals surface area contributed by atoms with Gasteiger partial charge in [0.25, 0.3) is 0 Å². The average molecular weight is 187 g/mol. The van der Waals surface area contributed by atoms with Crippen LogP contribution in [0.3, 0.4) is 0 Å². The molecule has 0 aliphatic carbocycles. The Morgan fingerprint density at radius 3 is 2.79 bits per heavy atom. The van der Waals surface area contributed by atoms with E-state index in [2.05, 4.69) is 22.8 Å². The van der Waals surface area contributed by atoms with Crippen molar-refractivity contribution in [1.29, 1.82) is 5.26 Å². The summed E-state index contributed by atoms with van der Waals surface area (Å²) in [7, 11) is 0. The van der Waals surface area contributed by atoms with Crippen molar-refractivity contribution < 1.29 is 0 Å². The molecule has 0 atom stereocenters. The van der Waals surface area contributed by atoms with Gasteiger partial charge in [-0.3, -0.25) is 0 Å². The fourth-order valence-corrected chi connectivity index (χ4v) is 1.57. The lowest BCUT2D eigenvalue weighted by Crippen LogP contribution is -2.63. The Balaban J connectivity index is 2.14. The Labute approximate surface area is 83.7 Å². The van der Waals surface area contributed by atoms with Crippen molar-refractivity contribution in [3.05, 3.63) is 29.8 Å². The molecular weight excluding hydrogens is 174 g/mol. The van der Waals surface area contributed by atoms with Crippen LogP contribution < -0.4 is 10.6 Å². The van der Waals surface area contributed by atoms with Gasteiger partial charge in [0, 0.05) is 18.8 Å². The first kappa shape index (κ1) is 9.04. The van der Waals surface area contributed by atoms with Gasteiger partial charge in [-0.25, -0.2) is 0 Å². The van der Waals surface area contributed by atoms with Gasteiger partial charge in [-0.15, -0.1) is 0 Å². The largest absolute Gasteiger partial charge is 0.365 e. The van der Waals surface area contributed by atoms with Gasteiger partial charge in [0.2, 0.25) is 0 Å². The van der Waals surface area contributed by atoms with E-state index >= 15 is 0 Å². The predicted octanol–water partition coefficient (Wildman–Crippen LogP) is 1.27. The topological polar surface area (TPSA) is 47.9 Å². The summed E-state index contributed by atoms with van der Waals surface area (Å²) in [5, 5.41) is 15.4. The molecular formula is C11H13N3. The molecule has 0 amide bonds. The Kier molecular flexibility index (Phi) is 2.14. The Bertz CT molecular complexity index is 374. The molecule has 0 aromatic heterocycles. The van der Waals surface area contributed by atoms with E-state index in [0.717, 1.165) is 18.8 Å². The molecule has 0 spiro atoms. The molecule has 1 saturated heterocycles. The highest BCUT2D eigenvalue weighted by Crippen LogP contribution is 2.19. The molecule has 0 saturated carbocycles. The van der Waals surface area contributed by atoms with Crippen LogP contribution in [-0.2, 0) is 0 Å². The number of nitrogens with one attached hydrogen (secondary N) is 2. The summed E-state index contributed by atoms with van der Waals surface area (Å²) in [5.41, 5.74) is 1.83. The minimum Gasteiger partial charge on any atom is -0.365 e. The van der Waals surface area contributed by atoms with Crippen molar-refractivity contribution >= 4 is 5.69 Å². The summed E-state index contributed by atoms with van der Waals surface area (Å²) in [6.07, 6.45) is 0. The molecule has 2 rings (SSSR count). The van der Waals surface area contributed by atoms with Gasteiger partial charge in [-0.2, -0.15) is 5.26 Å². The number of aryl methyl sites for hydroxylation is 1. The van der Waals surface area contributed by atoms with Gasteiger partial charge >= 0.3 is 0 Å². The minimum absolute atomic E-state index is 0.395. The number of anilines is 1. The standard InChI is InChI=1S/C11H13N3/c1-9-3-2-4-10(5-9)14-11(6-12)7-13-8-11/h2-5,13-14H,7-8H2,1H3. The lowest BCUT2D eigenvalue weighted by molar-refractivity contribution is 0.387. The quantitative estimate of drug-likeness (QED) is 0.733. The molecule has 1 aliphatic rings. The van der Waals surface area contributed by atoms with Crippen molar-refractivity contribution in [1.82, 2.24) is 5.32 Å². The van der Waals surface area contributed by atoms with E-state index in [-0.39, 0.29) is 0 Å². The monoisotopic (exact) mass is 187 g/mol. The second-order valence-corrected chi connectivity index (χ2v) is 3.79. The Morgan fingerprint density at radius 2 is 2.29 bits per heavy atom. The van der Waals surface area contributed by atoms with E-state index in [1.807, 2.05) is 25.1 Å². The predicted molar refractivity (Wildman–Crippen MR) is 56.0 cm³/mol. The van der Waals surface area contributed by atoms with Crippen LogP contribution in [0, 0.1) is 18.3 Å². The van der Waals surface area contributed by atoms with Crippen molar-refractivity contribution in [2.45, 2.75) is 12.5 Å². The van der Waals surface area contributed by atoms with Crippen LogP contribution in [0.1, 0.15) is 5.56 Å². The molecule has 3 nitrogen and oxygen atoms in total. The molecule has 1 fully saturated rings. The first-order valence-corrected chi connectivity index (χ1v) is 4.71. The summed E-state index contributed by atoms with van der Waals surface area (Å²) in [6.45, 7) is 3.48. The van der Waals surface area contributed by atoms with Crippen molar-refractivity contribution in [2.75, 3.05) is 18.4 Å². The van der Waals surface area contributed by atoms with Crippen molar-refractivity contribution in [3.63, 3.8) is 0 Å². The fraction of sp³-hybridized carbons (Fsp3) is 0.364. The molecule has 0 bridgehead atoms.